The molecule has 0 fully saturated rings. The first-order valence-electron chi connectivity index (χ1n) is 11.4. The first kappa shape index (κ1) is 18.9. The van der Waals surface area contributed by atoms with Gasteiger partial charge in [-0.3, -0.25) is 0 Å². The van der Waals surface area contributed by atoms with E-state index in [0.717, 1.165) is 19.4 Å². The Bertz CT molecular complexity index is 1090. The van der Waals surface area contributed by atoms with E-state index in [9.17, 15) is 9.18 Å². The van der Waals surface area contributed by atoms with Gasteiger partial charge in [0.25, 0.3) is 0 Å². The van der Waals surface area contributed by atoms with Crippen LogP contribution in [0.3, 0.4) is 0 Å². The first-order chi connectivity index (χ1) is 15.2. The highest BCUT2D eigenvalue weighted by molar-refractivity contribution is 5.92. The molecule has 4 heteroatoms. The average molecular weight is 416 g/mol. The van der Waals surface area contributed by atoms with Crippen molar-refractivity contribution in [3.63, 3.8) is 0 Å². The number of anilines is 1. The summed E-state index contributed by atoms with van der Waals surface area (Å²) in [4.78, 5) is 15.3. The number of rotatable bonds is 3. The van der Waals surface area contributed by atoms with Crippen LogP contribution >= 0.6 is 0 Å². The van der Waals surface area contributed by atoms with Crippen LogP contribution in [0.4, 0.5) is 10.1 Å². The summed E-state index contributed by atoms with van der Waals surface area (Å²) >= 11 is 0. The van der Waals surface area contributed by atoms with Gasteiger partial charge in [0.1, 0.15) is 5.82 Å². The zero-order chi connectivity index (χ0) is 21.1. The van der Waals surface area contributed by atoms with E-state index in [1.807, 2.05) is 19.1 Å². The maximum Gasteiger partial charge on any atom is 0.338 e. The summed E-state index contributed by atoms with van der Waals surface area (Å²) in [6.07, 6.45) is 11.2. The van der Waals surface area contributed by atoms with E-state index in [2.05, 4.69) is 41.3 Å². The van der Waals surface area contributed by atoms with E-state index in [1.54, 1.807) is 12.1 Å². The van der Waals surface area contributed by atoms with Crippen molar-refractivity contribution in [3.05, 3.63) is 88.8 Å². The summed E-state index contributed by atoms with van der Waals surface area (Å²) < 4.78 is 19.1. The summed E-state index contributed by atoms with van der Waals surface area (Å²) in [7, 11) is 0. The van der Waals surface area contributed by atoms with Crippen LogP contribution in [0.2, 0.25) is 0 Å². The van der Waals surface area contributed by atoms with Crippen molar-refractivity contribution in [1.82, 2.24) is 0 Å². The van der Waals surface area contributed by atoms with Crippen molar-refractivity contribution < 1.29 is 13.9 Å². The zero-order valence-corrected chi connectivity index (χ0v) is 17.6. The van der Waals surface area contributed by atoms with E-state index in [0.29, 0.717) is 29.9 Å². The van der Waals surface area contributed by atoms with Gasteiger partial charge in [-0.15, -0.1) is 0 Å². The normalized spacial score (nSPS) is 29.5. The molecule has 0 spiro atoms. The standard InChI is InChI=1S/C27H26FNO2/c1-2-31-27(30)18-13-23-20-6-3-5-17(20)15-29-25(16-9-11-19(28)12-10-16)22-8-4-7-21(22)24(14-18)26(23)29/h3-4,6-7,9-14,17,20-22,25H,2,5,8,15H2,1H3/t17-,20-,21-,22+,25+/m1/s1. The molecule has 31 heavy (non-hydrogen) atoms. The van der Waals surface area contributed by atoms with Gasteiger partial charge >= 0.3 is 5.97 Å². The van der Waals surface area contributed by atoms with E-state index in [1.165, 1.54) is 22.4 Å². The summed E-state index contributed by atoms with van der Waals surface area (Å²) in [6.45, 7) is 3.21. The molecule has 0 saturated carbocycles. The van der Waals surface area contributed by atoms with Gasteiger partial charge in [-0.05, 0) is 72.6 Å². The minimum Gasteiger partial charge on any atom is -0.462 e. The van der Waals surface area contributed by atoms with Crippen LogP contribution in [0, 0.1) is 17.7 Å². The van der Waals surface area contributed by atoms with E-state index < -0.39 is 0 Å². The molecule has 3 nitrogen and oxygen atoms in total. The van der Waals surface area contributed by atoms with Crippen molar-refractivity contribution in [2.45, 2.75) is 37.6 Å². The smallest absolute Gasteiger partial charge is 0.338 e. The van der Waals surface area contributed by atoms with Gasteiger partial charge in [0.15, 0.2) is 0 Å². The molecular weight excluding hydrogens is 389 g/mol. The number of hydrogen-bond donors (Lipinski definition) is 0. The molecule has 6 rings (SSSR count). The highest BCUT2D eigenvalue weighted by Crippen LogP contribution is 2.58. The fourth-order valence-electron chi connectivity index (χ4n) is 6.35. The van der Waals surface area contributed by atoms with Gasteiger partial charge in [0.05, 0.1) is 18.2 Å². The van der Waals surface area contributed by atoms with Gasteiger partial charge in [-0.1, -0.05) is 36.4 Å². The van der Waals surface area contributed by atoms with Crippen LogP contribution in [-0.4, -0.2) is 19.1 Å². The lowest BCUT2D eigenvalue weighted by atomic mass is 9.70. The van der Waals surface area contributed by atoms with E-state index in [-0.39, 0.29) is 23.7 Å². The van der Waals surface area contributed by atoms with E-state index >= 15 is 0 Å². The number of carbonyl (C=O) groups excluding carboxylic acids is 1. The highest BCUT2D eigenvalue weighted by atomic mass is 19.1. The van der Waals surface area contributed by atoms with Crippen LogP contribution < -0.4 is 4.90 Å². The Morgan fingerprint density at radius 2 is 1.77 bits per heavy atom. The van der Waals surface area contributed by atoms with Gasteiger partial charge < -0.3 is 9.64 Å². The van der Waals surface area contributed by atoms with Crippen molar-refractivity contribution in [2.75, 3.05) is 18.1 Å². The third-order valence-corrected chi connectivity index (χ3v) is 7.57. The van der Waals surface area contributed by atoms with Crippen molar-refractivity contribution in [3.8, 4) is 0 Å². The molecular formula is C27H26FNO2. The van der Waals surface area contributed by atoms with Crippen LogP contribution in [0.5, 0.6) is 0 Å². The predicted molar refractivity (Wildman–Crippen MR) is 119 cm³/mol. The SMILES string of the molecule is CCOC(=O)c1cc2c3c(c1)[C@@H]1C=CC[C@@H]1[C@H](c1ccc(F)cc1)N3C[C@H]1CC=C[C@@H]21. The van der Waals surface area contributed by atoms with Crippen LogP contribution in [0.25, 0.3) is 0 Å². The number of allylic oxidation sites excluding steroid dienone is 4. The molecule has 2 aliphatic heterocycles. The molecule has 2 aliphatic carbocycles. The van der Waals surface area contributed by atoms with Crippen LogP contribution in [-0.2, 0) is 4.74 Å². The lowest BCUT2D eigenvalue weighted by Gasteiger charge is -2.51. The minimum absolute atomic E-state index is 0.195. The average Bonchev–Trinajstić information content (AvgIpc) is 3.44. The topological polar surface area (TPSA) is 29.5 Å². The molecule has 0 aromatic heterocycles. The van der Waals surface area contributed by atoms with Crippen molar-refractivity contribution in [2.24, 2.45) is 11.8 Å². The molecule has 0 N–H and O–H groups in total. The van der Waals surface area contributed by atoms with Crippen LogP contribution in [0.1, 0.15) is 64.7 Å². The molecule has 4 aliphatic rings. The van der Waals surface area contributed by atoms with Gasteiger partial charge in [-0.2, -0.15) is 0 Å². The highest BCUT2D eigenvalue weighted by Gasteiger charge is 2.48. The molecule has 0 saturated heterocycles. The fraction of sp³-hybridized carbons (Fsp3) is 0.370. The Hall–Kier alpha value is -2.88. The third kappa shape index (κ3) is 2.80. The molecule has 2 heterocycles. The quantitative estimate of drug-likeness (QED) is 0.462. The molecule has 0 unspecified atom stereocenters. The maximum atomic E-state index is 13.7. The molecule has 2 aromatic carbocycles. The van der Waals surface area contributed by atoms with Crippen molar-refractivity contribution >= 4 is 11.7 Å². The number of benzene rings is 2. The second kappa shape index (κ2) is 7.08. The lowest BCUT2D eigenvalue weighted by Crippen LogP contribution is -2.46. The molecule has 2 aromatic rings. The molecule has 158 valence electrons. The number of ether oxygens (including phenoxy) is 1. The largest absolute Gasteiger partial charge is 0.462 e. The Kier molecular flexibility index (Phi) is 4.31. The molecule has 0 bridgehead atoms. The minimum atomic E-state index is -0.239. The second-order valence-corrected chi connectivity index (χ2v) is 9.18. The lowest BCUT2D eigenvalue weighted by molar-refractivity contribution is 0.0526. The Morgan fingerprint density at radius 3 is 2.55 bits per heavy atom. The summed E-state index contributed by atoms with van der Waals surface area (Å²) in [5.41, 5.74) is 5.61. The first-order valence-corrected chi connectivity index (χ1v) is 11.4. The third-order valence-electron chi connectivity index (χ3n) is 7.57. The number of hydrogen-bond acceptors (Lipinski definition) is 3. The van der Waals surface area contributed by atoms with Gasteiger partial charge in [-0.25, -0.2) is 9.18 Å². The molecule has 0 radical (unpaired) electrons. The number of carbonyl (C=O) groups is 1. The van der Waals surface area contributed by atoms with E-state index in [4.69, 9.17) is 4.74 Å². The Balaban J connectivity index is 1.56. The molecule has 0 amide bonds. The fourth-order valence-corrected chi connectivity index (χ4v) is 6.35. The maximum absolute atomic E-state index is 13.7. The Morgan fingerprint density at radius 1 is 1.06 bits per heavy atom. The zero-order valence-electron chi connectivity index (χ0n) is 17.6. The van der Waals surface area contributed by atoms with Crippen LogP contribution in [0.15, 0.2) is 60.7 Å². The summed E-state index contributed by atoms with van der Waals surface area (Å²) in [6, 6.07) is 11.4. The molecule has 5 atom stereocenters. The number of halogens is 1. The van der Waals surface area contributed by atoms with Crippen molar-refractivity contribution in [1.29, 1.82) is 0 Å². The van der Waals surface area contributed by atoms with Gasteiger partial charge in [0, 0.05) is 24.1 Å². The predicted octanol–water partition coefficient (Wildman–Crippen LogP) is 5.90. The number of esters is 1. The van der Waals surface area contributed by atoms with Gasteiger partial charge in [0.2, 0.25) is 0 Å². The Labute approximate surface area is 182 Å². The second-order valence-electron chi connectivity index (χ2n) is 9.18. The summed E-state index contributed by atoms with van der Waals surface area (Å²) in [5.74, 6) is 1.06. The summed E-state index contributed by atoms with van der Waals surface area (Å²) in [5, 5.41) is 0. The monoisotopic (exact) mass is 415 g/mol. The number of nitrogens with zero attached hydrogens (tertiary/aromatic N) is 1. The number of fused-ring (bicyclic) bond motifs is 4.